The molecule has 6 rings (SSSR count). The smallest absolute Gasteiger partial charge is 0.243 e. The zero-order chi connectivity index (χ0) is 27.7. The maximum Gasteiger partial charge on any atom is 0.243 e. The van der Waals surface area contributed by atoms with Crippen molar-refractivity contribution < 1.29 is 9.59 Å². The SMILES string of the molecule is C#CCNC(=O)[C@H](Cc1c[nH]c2ccccc12)NC(=O)C(C)(c1c[nH]c2ccccc12)c1c[nH]c2ccccc12. The molecular formula is C33H29N5O2. The number of benzene rings is 3. The highest BCUT2D eigenvalue weighted by Gasteiger charge is 2.42. The van der Waals surface area contributed by atoms with Crippen molar-refractivity contribution in [1.29, 1.82) is 0 Å². The second-order valence-corrected chi connectivity index (χ2v) is 10.1. The standard InChI is InChI=1S/C33H29N5O2/c1-3-16-34-31(39)30(17-21-18-35-27-13-7-4-10-22(21)27)38-32(40)33(2,25-19-36-28-14-8-5-11-23(25)28)26-20-37-29-15-9-6-12-24(26)29/h1,4-15,18-20,30,35-37H,16-17H2,2H3,(H,34,39)(H,38,40)/t30-/m0/s1. The Morgan fingerprint density at radius 3 is 1.88 bits per heavy atom. The Labute approximate surface area is 231 Å². The number of amides is 2. The van der Waals surface area contributed by atoms with Crippen LogP contribution >= 0.6 is 0 Å². The third-order valence-electron chi connectivity index (χ3n) is 7.80. The van der Waals surface area contributed by atoms with E-state index in [4.69, 9.17) is 6.42 Å². The summed E-state index contributed by atoms with van der Waals surface area (Å²) in [5, 5.41) is 8.76. The highest BCUT2D eigenvalue weighted by Crippen LogP contribution is 2.40. The van der Waals surface area contributed by atoms with Gasteiger partial charge in [-0.2, -0.15) is 0 Å². The third-order valence-corrected chi connectivity index (χ3v) is 7.80. The Morgan fingerprint density at radius 1 is 0.800 bits per heavy atom. The molecule has 1 atom stereocenters. The van der Waals surface area contributed by atoms with E-state index in [1.807, 2.05) is 98.3 Å². The van der Waals surface area contributed by atoms with Gasteiger partial charge in [0.25, 0.3) is 0 Å². The third kappa shape index (κ3) is 4.20. The summed E-state index contributed by atoms with van der Waals surface area (Å²) in [7, 11) is 0. The predicted molar refractivity (Wildman–Crippen MR) is 159 cm³/mol. The first kappa shape index (κ1) is 25.1. The molecule has 6 aromatic rings. The van der Waals surface area contributed by atoms with Gasteiger partial charge in [-0.05, 0) is 41.8 Å². The normalized spacial score (nSPS) is 12.4. The minimum atomic E-state index is -1.13. The fourth-order valence-electron chi connectivity index (χ4n) is 5.65. The maximum atomic E-state index is 14.6. The van der Waals surface area contributed by atoms with Gasteiger partial charge in [-0.15, -0.1) is 6.42 Å². The number of hydrogen-bond donors (Lipinski definition) is 5. The average Bonchev–Trinajstić information content (AvgIpc) is 3.72. The average molecular weight is 528 g/mol. The number of nitrogens with one attached hydrogen (secondary N) is 5. The molecule has 3 aromatic heterocycles. The van der Waals surface area contributed by atoms with Crippen LogP contribution in [-0.2, 0) is 21.4 Å². The Hall–Kier alpha value is -5.22. The van der Waals surface area contributed by atoms with Gasteiger partial charge in [-0.1, -0.05) is 60.5 Å². The lowest BCUT2D eigenvalue weighted by molar-refractivity contribution is -0.130. The van der Waals surface area contributed by atoms with Crippen LogP contribution in [0.4, 0.5) is 0 Å². The monoisotopic (exact) mass is 527 g/mol. The van der Waals surface area contributed by atoms with Crippen LogP contribution in [0.2, 0.25) is 0 Å². The number of carbonyl (C=O) groups excluding carboxylic acids is 2. The number of aromatic nitrogens is 3. The van der Waals surface area contributed by atoms with E-state index in [9.17, 15) is 9.59 Å². The van der Waals surface area contributed by atoms with Crippen molar-refractivity contribution in [2.45, 2.75) is 24.8 Å². The molecule has 40 heavy (non-hydrogen) atoms. The van der Waals surface area contributed by atoms with E-state index in [0.29, 0.717) is 6.42 Å². The number of H-pyrrole nitrogens is 3. The zero-order valence-corrected chi connectivity index (χ0v) is 22.0. The fraction of sp³-hybridized carbons (Fsp3) is 0.152. The van der Waals surface area contributed by atoms with Crippen LogP contribution in [-0.4, -0.2) is 39.4 Å². The van der Waals surface area contributed by atoms with E-state index in [0.717, 1.165) is 49.4 Å². The van der Waals surface area contributed by atoms with E-state index in [-0.39, 0.29) is 18.4 Å². The summed E-state index contributed by atoms with van der Waals surface area (Å²) in [6.45, 7) is 1.98. The molecule has 0 aliphatic carbocycles. The van der Waals surface area contributed by atoms with Crippen molar-refractivity contribution in [3.63, 3.8) is 0 Å². The molecule has 3 aromatic carbocycles. The molecule has 0 saturated heterocycles. The van der Waals surface area contributed by atoms with Crippen LogP contribution in [0.3, 0.4) is 0 Å². The van der Waals surface area contributed by atoms with Crippen LogP contribution in [0.1, 0.15) is 23.6 Å². The minimum Gasteiger partial charge on any atom is -0.361 e. The molecule has 7 heteroatoms. The van der Waals surface area contributed by atoms with Crippen LogP contribution in [0, 0.1) is 12.3 Å². The highest BCUT2D eigenvalue weighted by atomic mass is 16.2. The molecule has 5 N–H and O–H groups in total. The minimum absolute atomic E-state index is 0.0707. The largest absolute Gasteiger partial charge is 0.361 e. The van der Waals surface area contributed by atoms with Gasteiger partial charge in [0.2, 0.25) is 11.8 Å². The predicted octanol–water partition coefficient (Wildman–Crippen LogP) is 4.91. The lowest BCUT2D eigenvalue weighted by Gasteiger charge is -2.31. The molecule has 0 aliphatic rings. The summed E-state index contributed by atoms with van der Waals surface area (Å²) in [6.07, 6.45) is 11.4. The first-order chi connectivity index (χ1) is 19.5. The molecule has 0 fully saturated rings. The Morgan fingerprint density at radius 2 is 1.30 bits per heavy atom. The van der Waals surface area contributed by atoms with Crippen molar-refractivity contribution in [2.75, 3.05) is 6.54 Å². The van der Waals surface area contributed by atoms with Crippen molar-refractivity contribution in [1.82, 2.24) is 25.6 Å². The number of hydrogen-bond acceptors (Lipinski definition) is 2. The van der Waals surface area contributed by atoms with Gasteiger partial charge < -0.3 is 25.6 Å². The topological polar surface area (TPSA) is 106 Å². The Balaban J connectivity index is 1.45. The maximum absolute atomic E-state index is 14.6. The van der Waals surface area contributed by atoms with Crippen molar-refractivity contribution >= 4 is 44.5 Å². The first-order valence-corrected chi connectivity index (χ1v) is 13.2. The molecule has 0 spiro atoms. The second kappa shape index (κ2) is 10.2. The van der Waals surface area contributed by atoms with Gasteiger partial charge in [0, 0.05) is 57.7 Å². The number of para-hydroxylation sites is 3. The van der Waals surface area contributed by atoms with E-state index in [1.54, 1.807) is 0 Å². The van der Waals surface area contributed by atoms with Crippen LogP contribution in [0.15, 0.2) is 91.4 Å². The molecular weight excluding hydrogens is 498 g/mol. The molecule has 0 bridgehead atoms. The molecule has 0 saturated carbocycles. The molecule has 0 unspecified atom stereocenters. The summed E-state index contributed by atoms with van der Waals surface area (Å²) >= 11 is 0. The molecule has 2 amide bonds. The van der Waals surface area contributed by atoms with Crippen molar-refractivity contribution in [3.05, 3.63) is 108 Å². The highest BCUT2D eigenvalue weighted by molar-refractivity contribution is 6.03. The van der Waals surface area contributed by atoms with Crippen LogP contribution < -0.4 is 10.6 Å². The number of aromatic amines is 3. The molecule has 7 nitrogen and oxygen atoms in total. The Kier molecular flexibility index (Phi) is 6.37. The number of terminal acetylenes is 1. The zero-order valence-electron chi connectivity index (χ0n) is 22.0. The summed E-state index contributed by atoms with van der Waals surface area (Å²) in [5.41, 5.74) is 4.26. The van der Waals surface area contributed by atoms with Crippen LogP contribution in [0.5, 0.6) is 0 Å². The van der Waals surface area contributed by atoms with E-state index in [2.05, 4.69) is 31.5 Å². The Bertz CT molecular complexity index is 1830. The van der Waals surface area contributed by atoms with Gasteiger partial charge in [0.05, 0.1) is 6.54 Å². The molecule has 0 aliphatic heterocycles. The van der Waals surface area contributed by atoms with Gasteiger partial charge in [-0.3, -0.25) is 9.59 Å². The van der Waals surface area contributed by atoms with Gasteiger partial charge in [0.1, 0.15) is 11.5 Å². The summed E-state index contributed by atoms with van der Waals surface area (Å²) in [4.78, 5) is 37.8. The van der Waals surface area contributed by atoms with E-state index in [1.165, 1.54) is 0 Å². The summed E-state index contributed by atoms with van der Waals surface area (Å²) in [5.74, 6) is 1.83. The molecule has 3 heterocycles. The van der Waals surface area contributed by atoms with Gasteiger partial charge in [-0.25, -0.2) is 0 Å². The second-order valence-electron chi connectivity index (χ2n) is 10.1. The van der Waals surface area contributed by atoms with Crippen LogP contribution in [0.25, 0.3) is 32.7 Å². The van der Waals surface area contributed by atoms with Gasteiger partial charge >= 0.3 is 0 Å². The van der Waals surface area contributed by atoms with E-state index < -0.39 is 11.5 Å². The van der Waals surface area contributed by atoms with E-state index >= 15 is 0 Å². The number of carbonyl (C=O) groups is 2. The quantitative estimate of drug-likeness (QED) is 0.181. The summed E-state index contributed by atoms with van der Waals surface area (Å²) < 4.78 is 0. The number of rotatable bonds is 8. The molecule has 0 radical (unpaired) electrons. The summed E-state index contributed by atoms with van der Waals surface area (Å²) in [6, 6.07) is 22.9. The van der Waals surface area contributed by atoms with Crippen molar-refractivity contribution in [2.24, 2.45) is 0 Å². The first-order valence-electron chi connectivity index (χ1n) is 13.2. The molecule has 198 valence electrons. The fourth-order valence-corrected chi connectivity index (χ4v) is 5.65. The van der Waals surface area contributed by atoms with Crippen molar-refractivity contribution in [3.8, 4) is 12.3 Å². The number of fused-ring (bicyclic) bond motifs is 3. The lowest BCUT2D eigenvalue weighted by atomic mass is 9.75. The van der Waals surface area contributed by atoms with Gasteiger partial charge in [0.15, 0.2) is 0 Å². The lowest BCUT2D eigenvalue weighted by Crippen LogP contribution is -2.53.